The molecule has 20 heavy (non-hydrogen) atoms. The van der Waals surface area contributed by atoms with Gasteiger partial charge in [-0.2, -0.15) is 0 Å². The maximum Gasteiger partial charge on any atom is 0.261 e. The Bertz CT molecular complexity index is 727. The average Bonchev–Trinajstić information content (AvgIpc) is 2.76. The second-order valence-electron chi connectivity index (χ2n) is 4.31. The number of allylic oxidation sites excluding steroid dienone is 3. The SMILES string of the molecule is C=CC(=CC)c1sc2nc(NCCN)[nH]c(=O)c2c1C. The Morgan fingerprint density at radius 2 is 2.35 bits per heavy atom. The molecule has 0 spiro atoms. The number of aromatic amines is 1. The second-order valence-corrected chi connectivity index (χ2v) is 5.31. The van der Waals surface area contributed by atoms with Crippen molar-refractivity contribution in [1.82, 2.24) is 9.97 Å². The highest BCUT2D eigenvalue weighted by atomic mass is 32.1. The number of rotatable bonds is 5. The van der Waals surface area contributed by atoms with Gasteiger partial charge in [0.1, 0.15) is 4.83 Å². The first kappa shape index (κ1) is 14.5. The largest absolute Gasteiger partial charge is 0.354 e. The van der Waals surface area contributed by atoms with Gasteiger partial charge in [-0.15, -0.1) is 11.3 Å². The summed E-state index contributed by atoms with van der Waals surface area (Å²) in [6, 6.07) is 0. The Labute approximate surface area is 121 Å². The summed E-state index contributed by atoms with van der Waals surface area (Å²) in [6.45, 7) is 8.74. The van der Waals surface area contributed by atoms with E-state index in [9.17, 15) is 4.79 Å². The molecule has 0 aliphatic rings. The first-order chi connectivity index (χ1) is 9.62. The summed E-state index contributed by atoms with van der Waals surface area (Å²) in [4.78, 5) is 21.1. The number of aromatic nitrogens is 2. The third kappa shape index (κ3) is 2.52. The minimum atomic E-state index is -0.131. The van der Waals surface area contributed by atoms with Crippen LogP contribution in [-0.2, 0) is 0 Å². The molecule has 5 nitrogen and oxygen atoms in total. The number of hydrogen-bond donors (Lipinski definition) is 3. The van der Waals surface area contributed by atoms with Crippen LogP contribution in [0, 0.1) is 6.92 Å². The normalized spacial score (nSPS) is 11.8. The maximum atomic E-state index is 12.2. The fourth-order valence-corrected chi connectivity index (χ4v) is 3.29. The van der Waals surface area contributed by atoms with Crippen LogP contribution in [0.1, 0.15) is 17.4 Å². The van der Waals surface area contributed by atoms with Crippen LogP contribution in [0.3, 0.4) is 0 Å². The van der Waals surface area contributed by atoms with Crippen molar-refractivity contribution in [1.29, 1.82) is 0 Å². The van der Waals surface area contributed by atoms with E-state index in [1.807, 2.05) is 19.9 Å². The van der Waals surface area contributed by atoms with Crippen molar-refractivity contribution in [3.05, 3.63) is 39.5 Å². The van der Waals surface area contributed by atoms with E-state index in [4.69, 9.17) is 5.73 Å². The van der Waals surface area contributed by atoms with Crippen molar-refractivity contribution in [3.63, 3.8) is 0 Å². The Kier molecular flexibility index (Phi) is 4.36. The van der Waals surface area contributed by atoms with Gasteiger partial charge in [0.05, 0.1) is 5.39 Å². The number of thiophene rings is 1. The van der Waals surface area contributed by atoms with E-state index in [1.54, 1.807) is 6.08 Å². The van der Waals surface area contributed by atoms with Crippen molar-refractivity contribution in [2.75, 3.05) is 18.4 Å². The van der Waals surface area contributed by atoms with Crippen LogP contribution in [-0.4, -0.2) is 23.1 Å². The van der Waals surface area contributed by atoms with E-state index in [0.29, 0.717) is 24.4 Å². The number of nitrogens with one attached hydrogen (secondary N) is 2. The predicted octanol–water partition coefficient (Wildman–Crippen LogP) is 2.25. The molecule has 0 aliphatic carbocycles. The molecular weight excluding hydrogens is 272 g/mol. The number of anilines is 1. The first-order valence-corrected chi connectivity index (χ1v) is 7.20. The highest BCUT2D eigenvalue weighted by Crippen LogP contribution is 2.33. The molecule has 2 aromatic rings. The lowest BCUT2D eigenvalue weighted by atomic mass is 10.1. The molecule has 2 aromatic heterocycles. The summed E-state index contributed by atoms with van der Waals surface area (Å²) >= 11 is 1.50. The van der Waals surface area contributed by atoms with Gasteiger partial charge in [-0.25, -0.2) is 4.98 Å². The number of H-pyrrole nitrogens is 1. The molecule has 0 saturated heterocycles. The highest BCUT2D eigenvalue weighted by molar-refractivity contribution is 7.19. The van der Waals surface area contributed by atoms with Crippen LogP contribution < -0.4 is 16.6 Å². The monoisotopic (exact) mass is 290 g/mol. The molecule has 0 radical (unpaired) electrons. The van der Waals surface area contributed by atoms with Crippen LogP contribution in [0.4, 0.5) is 5.95 Å². The standard InChI is InChI=1S/C14H18N4OS/c1-4-9(5-2)11-8(3)10-12(19)17-14(16-7-6-15)18-13(10)20-11/h4-5H,1,6-7,15H2,2-3H3,(H2,16,17,18,19). The minimum absolute atomic E-state index is 0.131. The molecule has 2 heterocycles. The van der Waals surface area contributed by atoms with E-state index < -0.39 is 0 Å². The fourth-order valence-electron chi connectivity index (χ4n) is 2.04. The zero-order valence-electron chi connectivity index (χ0n) is 11.6. The average molecular weight is 290 g/mol. The van der Waals surface area contributed by atoms with Crippen molar-refractivity contribution >= 4 is 33.1 Å². The molecule has 0 unspecified atom stereocenters. The Balaban J connectivity index is 2.62. The van der Waals surface area contributed by atoms with Gasteiger partial charge < -0.3 is 11.1 Å². The van der Waals surface area contributed by atoms with Gasteiger partial charge in [-0.3, -0.25) is 9.78 Å². The van der Waals surface area contributed by atoms with Gasteiger partial charge in [0, 0.05) is 18.0 Å². The van der Waals surface area contributed by atoms with Gasteiger partial charge in [-0.05, 0) is 25.0 Å². The Hall–Kier alpha value is -1.92. The molecule has 0 aliphatic heterocycles. The van der Waals surface area contributed by atoms with Crippen LogP contribution in [0.25, 0.3) is 15.8 Å². The topological polar surface area (TPSA) is 83.8 Å². The molecular formula is C14H18N4OS. The van der Waals surface area contributed by atoms with Gasteiger partial charge in [-0.1, -0.05) is 18.7 Å². The van der Waals surface area contributed by atoms with Gasteiger partial charge in [0.25, 0.3) is 5.56 Å². The molecule has 106 valence electrons. The molecule has 0 fully saturated rings. The van der Waals surface area contributed by atoms with E-state index in [1.165, 1.54) is 11.3 Å². The van der Waals surface area contributed by atoms with E-state index in [0.717, 1.165) is 20.8 Å². The predicted molar refractivity (Wildman–Crippen MR) is 86.4 cm³/mol. The quantitative estimate of drug-likeness (QED) is 0.737. The van der Waals surface area contributed by atoms with E-state index >= 15 is 0 Å². The number of hydrogen-bond acceptors (Lipinski definition) is 5. The fraction of sp³-hybridized carbons (Fsp3) is 0.286. The lowest BCUT2D eigenvalue weighted by Crippen LogP contribution is -2.18. The molecule has 0 saturated carbocycles. The number of fused-ring (bicyclic) bond motifs is 1. The van der Waals surface area contributed by atoms with Gasteiger partial charge in [0.2, 0.25) is 5.95 Å². The smallest absolute Gasteiger partial charge is 0.261 e. The highest BCUT2D eigenvalue weighted by Gasteiger charge is 2.15. The summed E-state index contributed by atoms with van der Waals surface area (Å²) in [5.41, 5.74) is 7.26. The molecule has 4 N–H and O–H groups in total. The molecule has 0 bridgehead atoms. The van der Waals surface area contributed by atoms with Crippen molar-refractivity contribution < 1.29 is 0 Å². The van der Waals surface area contributed by atoms with Crippen LogP contribution in [0.15, 0.2) is 23.5 Å². The molecule has 0 aromatic carbocycles. The number of aryl methyl sites for hydroxylation is 1. The molecule has 6 heteroatoms. The summed E-state index contributed by atoms with van der Waals surface area (Å²) in [5.74, 6) is 0.460. The van der Waals surface area contributed by atoms with Crippen molar-refractivity contribution in [2.45, 2.75) is 13.8 Å². The summed E-state index contributed by atoms with van der Waals surface area (Å²) in [7, 11) is 0. The Morgan fingerprint density at radius 1 is 1.60 bits per heavy atom. The van der Waals surface area contributed by atoms with Gasteiger partial charge in [0.15, 0.2) is 0 Å². The van der Waals surface area contributed by atoms with Crippen LogP contribution in [0.5, 0.6) is 0 Å². The van der Waals surface area contributed by atoms with Crippen molar-refractivity contribution in [2.24, 2.45) is 5.73 Å². The molecule has 0 amide bonds. The lowest BCUT2D eigenvalue weighted by molar-refractivity contribution is 0.991. The summed E-state index contributed by atoms with van der Waals surface area (Å²) in [5, 5.41) is 3.64. The number of nitrogens with zero attached hydrogens (tertiary/aromatic N) is 1. The zero-order valence-corrected chi connectivity index (χ0v) is 12.4. The van der Waals surface area contributed by atoms with Crippen molar-refractivity contribution in [3.8, 4) is 0 Å². The minimum Gasteiger partial charge on any atom is -0.354 e. The summed E-state index contributed by atoms with van der Waals surface area (Å²) < 4.78 is 0. The third-order valence-corrected chi connectivity index (χ3v) is 4.27. The maximum absolute atomic E-state index is 12.2. The molecule has 0 atom stereocenters. The Morgan fingerprint density at radius 3 is 2.95 bits per heavy atom. The van der Waals surface area contributed by atoms with E-state index in [2.05, 4.69) is 21.9 Å². The third-order valence-electron chi connectivity index (χ3n) is 3.03. The second kappa shape index (κ2) is 6.02. The van der Waals surface area contributed by atoms with Crippen LogP contribution in [0.2, 0.25) is 0 Å². The van der Waals surface area contributed by atoms with Crippen LogP contribution >= 0.6 is 11.3 Å². The van der Waals surface area contributed by atoms with E-state index in [-0.39, 0.29) is 5.56 Å². The lowest BCUT2D eigenvalue weighted by Gasteiger charge is -2.02. The number of nitrogens with two attached hydrogens (primary N) is 1. The first-order valence-electron chi connectivity index (χ1n) is 6.38. The van der Waals surface area contributed by atoms with Gasteiger partial charge >= 0.3 is 0 Å². The molecule has 2 rings (SSSR count). The summed E-state index contributed by atoms with van der Waals surface area (Å²) in [6.07, 6.45) is 3.77. The zero-order chi connectivity index (χ0) is 14.7.